The van der Waals surface area contributed by atoms with Crippen LogP contribution in [0.5, 0.6) is 11.5 Å². The van der Waals surface area contributed by atoms with E-state index in [1.54, 1.807) is 13.2 Å². The van der Waals surface area contributed by atoms with Gasteiger partial charge < -0.3 is 19.9 Å². The molecule has 20 heavy (non-hydrogen) atoms. The topological polar surface area (TPSA) is 50.7 Å². The molecule has 114 valence electrons. The van der Waals surface area contributed by atoms with Crippen LogP contribution in [-0.2, 0) is 0 Å². The fraction of sp³-hybridized carbons (Fsp3) is 0.600. The van der Waals surface area contributed by atoms with E-state index in [9.17, 15) is 5.11 Å². The van der Waals surface area contributed by atoms with Crippen molar-refractivity contribution in [1.29, 1.82) is 0 Å². The molecule has 0 aliphatic heterocycles. The number of aliphatic hydroxyl groups excluding tert-OH is 1. The van der Waals surface area contributed by atoms with Gasteiger partial charge in [0.25, 0.3) is 0 Å². The Morgan fingerprint density at radius 2 is 2.10 bits per heavy atom. The number of thioether (sulfide) groups is 1. The van der Waals surface area contributed by atoms with E-state index < -0.39 is 6.10 Å². The van der Waals surface area contributed by atoms with Gasteiger partial charge in [-0.15, -0.1) is 0 Å². The van der Waals surface area contributed by atoms with Crippen LogP contribution in [0.25, 0.3) is 0 Å². The Morgan fingerprint density at radius 1 is 1.35 bits per heavy atom. The first-order chi connectivity index (χ1) is 9.65. The second-order valence-corrected chi connectivity index (χ2v) is 5.96. The maximum Gasteiger partial charge on any atom is 0.123 e. The molecule has 0 saturated carbocycles. The molecule has 0 aromatic heterocycles. The van der Waals surface area contributed by atoms with Crippen LogP contribution in [0.2, 0.25) is 0 Å². The molecule has 1 aromatic rings. The molecule has 0 radical (unpaired) electrons. The summed E-state index contributed by atoms with van der Waals surface area (Å²) in [5, 5.41) is 13.7. The maximum atomic E-state index is 9.84. The Hall–Kier alpha value is -0.910. The molecule has 0 saturated heterocycles. The number of rotatable bonds is 10. The van der Waals surface area contributed by atoms with Crippen molar-refractivity contribution in [2.45, 2.75) is 24.7 Å². The van der Waals surface area contributed by atoms with Crippen LogP contribution in [0, 0.1) is 0 Å². The maximum absolute atomic E-state index is 9.84. The van der Waals surface area contributed by atoms with Crippen LogP contribution in [-0.4, -0.2) is 49.5 Å². The van der Waals surface area contributed by atoms with Crippen molar-refractivity contribution in [2.75, 3.05) is 33.1 Å². The lowest BCUT2D eigenvalue weighted by atomic mass is 10.3. The molecule has 0 spiro atoms. The summed E-state index contributed by atoms with van der Waals surface area (Å²) in [7, 11) is 1.62. The van der Waals surface area contributed by atoms with Gasteiger partial charge in [-0.25, -0.2) is 0 Å². The van der Waals surface area contributed by atoms with Gasteiger partial charge in [0.1, 0.15) is 24.2 Å². The monoisotopic (exact) mass is 299 g/mol. The van der Waals surface area contributed by atoms with Gasteiger partial charge in [0.15, 0.2) is 0 Å². The molecule has 2 unspecified atom stereocenters. The highest BCUT2D eigenvalue weighted by atomic mass is 32.2. The summed E-state index contributed by atoms with van der Waals surface area (Å²) >= 11 is 1.86. The Kier molecular flexibility index (Phi) is 8.49. The van der Waals surface area contributed by atoms with Crippen molar-refractivity contribution < 1.29 is 14.6 Å². The second-order valence-electron chi connectivity index (χ2n) is 4.68. The number of hydrogen-bond donors (Lipinski definition) is 2. The lowest BCUT2D eigenvalue weighted by molar-refractivity contribution is 0.106. The van der Waals surface area contributed by atoms with Gasteiger partial charge in [-0.3, -0.25) is 0 Å². The third kappa shape index (κ3) is 7.03. The van der Waals surface area contributed by atoms with Crippen LogP contribution < -0.4 is 14.8 Å². The highest BCUT2D eigenvalue weighted by Crippen LogP contribution is 2.18. The Labute approximate surface area is 125 Å². The van der Waals surface area contributed by atoms with Crippen molar-refractivity contribution >= 4 is 11.8 Å². The quantitative estimate of drug-likeness (QED) is 0.649. The zero-order chi connectivity index (χ0) is 14.8. The molecule has 0 amide bonds. The SMILES string of the molecule is COc1cccc(OCC(O)CNCCC(C)SC)c1. The van der Waals surface area contributed by atoms with E-state index >= 15 is 0 Å². The number of benzene rings is 1. The molecule has 2 N–H and O–H groups in total. The van der Waals surface area contributed by atoms with Gasteiger partial charge >= 0.3 is 0 Å². The molecule has 0 bridgehead atoms. The van der Waals surface area contributed by atoms with Crippen molar-refractivity contribution in [3.8, 4) is 11.5 Å². The van der Waals surface area contributed by atoms with Crippen molar-refractivity contribution in [1.82, 2.24) is 5.32 Å². The fourth-order valence-corrected chi connectivity index (χ4v) is 1.99. The number of ether oxygens (including phenoxy) is 2. The molecule has 1 rings (SSSR count). The van der Waals surface area contributed by atoms with Gasteiger partial charge in [-0.05, 0) is 31.4 Å². The van der Waals surface area contributed by atoms with Gasteiger partial charge in [-0.2, -0.15) is 11.8 Å². The summed E-state index contributed by atoms with van der Waals surface area (Å²) in [6, 6.07) is 7.38. The predicted molar refractivity (Wildman–Crippen MR) is 85.0 cm³/mol. The van der Waals surface area contributed by atoms with E-state index in [0.717, 1.165) is 18.7 Å². The van der Waals surface area contributed by atoms with Crippen LogP contribution in [0.15, 0.2) is 24.3 Å². The Balaban J connectivity index is 2.17. The second kappa shape index (κ2) is 9.91. The van der Waals surface area contributed by atoms with Crippen molar-refractivity contribution in [3.05, 3.63) is 24.3 Å². The number of methoxy groups -OCH3 is 1. The number of aliphatic hydroxyl groups is 1. The minimum atomic E-state index is -0.509. The van der Waals surface area contributed by atoms with E-state index in [2.05, 4.69) is 18.5 Å². The van der Waals surface area contributed by atoms with E-state index in [-0.39, 0.29) is 6.61 Å². The molecular weight excluding hydrogens is 274 g/mol. The van der Waals surface area contributed by atoms with E-state index in [4.69, 9.17) is 9.47 Å². The molecule has 0 fully saturated rings. The molecule has 1 aromatic carbocycles. The zero-order valence-electron chi connectivity index (χ0n) is 12.5. The van der Waals surface area contributed by atoms with E-state index in [1.165, 1.54) is 0 Å². The van der Waals surface area contributed by atoms with Crippen molar-refractivity contribution in [3.63, 3.8) is 0 Å². The average molecular weight is 299 g/mol. The van der Waals surface area contributed by atoms with Gasteiger partial charge in [0.2, 0.25) is 0 Å². The van der Waals surface area contributed by atoms with Crippen molar-refractivity contribution in [2.24, 2.45) is 0 Å². The fourth-order valence-electron chi connectivity index (χ4n) is 1.63. The minimum Gasteiger partial charge on any atom is -0.497 e. The van der Waals surface area contributed by atoms with Crippen LogP contribution in [0.1, 0.15) is 13.3 Å². The molecular formula is C15H25NO3S. The van der Waals surface area contributed by atoms with E-state index in [1.807, 2.05) is 30.0 Å². The molecule has 0 aliphatic rings. The van der Waals surface area contributed by atoms with Gasteiger partial charge in [0.05, 0.1) is 7.11 Å². The zero-order valence-corrected chi connectivity index (χ0v) is 13.3. The van der Waals surface area contributed by atoms with E-state index in [0.29, 0.717) is 17.5 Å². The lowest BCUT2D eigenvalue weighted by Gasteiger charge is -2.14. The summed E-state index contributed by atoms with van der Waals surface area (Å²) < 4.78 is 10.7. The molecule has 0 heterocycles. The number of hydrogen-bond acceptors (Lipinski definition) is 5. The van der Waals surface area contributed by atoms with Crippen LogP contribution >= 0.6 is 11.8 Å². The first-order valence-electron chi connectivity index (χ1n) is 6.84. The minimum absolute atomic E-state index is 0.276. The Bertz CT molecular complexity index is 376. The summed E-state index contributed by atoms with van der Waals surface area (Å²) in [6.45, 7) is 3.94. The third-order valence-corrected chi connectivity index (χ3v) is 4.03. The average Bonchev–Trinajstić information content (AvgIpc) is 2.49. The smallest absolute Gasteiger partial charge is 0.123 e. The summed E-state index contributed by atoms with van der Waals surface area (Å²) in [6.07, 6.45) is 2.71. The van der Waals surface area contributed by atoms with Crippen LogP contribution in [0.4, 0.5) is 0 Å². The Morgan fingerprint density at radius 3 is 2.80 bits per heavy atom. The molecule has 5 heteroatoms. The first-order valence-corrected chi connectivity index (χ1v) is 8.13. The van der Waals surface area contributed by atoms with Crippen LogP contribution in [0.3, 0.4) is 0 Å². The standard InChI is InChI=1S/C15H25NO3S/c1-12(20-3)7-8-16-10-13(17)11-19-15-6-4-5-14(9-15)18-2/h4-6,9,12-13,16-17H,7-8,10-11H2,1-3H3. The highest BCUT2D eigenvalue weighted by Gasteiger charge is 2.06. The predicted octanol–water partition coefficient (Wildman–Crippen LogP) is 2.17. The molecule has 4 nitrogen and oxygen atoms in total. The normalized spacial score (nSPS) is 13.8. The summed E-state index contributed by atoms with van der Waals surface area (Å²) in [5.74, 6) is 1.46. The van der Waals surface area contributed by atoms with Gasteiger partial charge in [0, 0.05) is 17.9 Å². The molecule has 2 atom stereocenters. The largest absolute Gasteiger partial charge is 0.497 e. The summed E-state index contributed by atoms with van der Waals surface area (Å²) in [4.78, 5) is 0. The lowest BCUT2D eigenvalue weighted by Crippen LogP contribution is -2.32. The molecule has 0 aliphatic carbocycles. The first kappa shape index (κ1) is 17.1. The summed E-state index contributed by atoms with van der Waals surface area (Å²) in [5.41, 5.74) is 0. The number of nitrogens with one attached hydrogen (secondary N) is 1. The highest BCUT2D eigenvalue weighted by molar-refractivity contribution is 7.99. The third-order valence-electron chi connectivity index (χ3n) is 2.99. The van der Waals surface area contributed by atoms with Gasteiger partial charge in [-0.1, -0.05) is 13.0 Å².